The third-order valence-electron chi connectivity index (χ3n) is 2.17. The van der Waals surface area contributed by atoms with Crippen LogP contribution in [0.1, 0.15) is 0 Å². The minimum absolute atomic E-state index is 0.0799. The molecule has 1 aromatic carbocycles. The highest BCUT2D eigenvalue weighted by atomic mass is 79.9. The highest BCUT2D eigenvalue weighted by molar-refractivity contribution is 9.10. The topological polar surface area (TPSA) is 71.5 Å². The van der Waals surface area contributed by atoms with E-state index in [4.69, 9.17) is 9.84 Å². The first kappa shape index (κ1) is 14.2. The third-order valence-corrected chi connectivity index (χ3v) is 2.79. The van der Waals surface area contributed by atoms with Crippen LogP contribution in [0, 0.1) is 11.6 Å². The molecule has 1 heterocycles. The Morgan fingerprint density at radius 2 is 2.05 bits per heavy atom. The Hall–Kier alpha value is -2.22. The summed E-state index contributed by atoms with van der Waals surface area (Å²) in [6, 6.07) is 4.24. The first-order chi connectivity index (χ1) is 9.45. The van der Waals surface area contributed by atoms with E-state index in [2.05, 4.69) is 26.2 Å². The van der Waals surface area contributed by atoms with Crippen LogP contribution in [0.4, 0.5) is 19.4 Å². The fourth-order valence-corrected chi connectivity index (χ4v) is 1.75. The highest BCUT2D eigenvalue weighted by Gasteiger charge is 2.10. The lowest BCUT2D eigenvalue weighted by Crippen LogP contribution is -2.08. The summed E-state index contributed by atoms with van der Waals surface area (Å²) in [5, 5.41) is 10.6. The van der Waals surface area contributed by atoms with Crippen molar-refractivity contribution < 1.29 is 23.4 Å². The van der Waals surface area contributed by atoms with Gasteiger partial charge in [-0.2, -0.15) is 0 Å². The lowest BCUT2D eigenvalue weighted by Gasteiger charge is -2.09. The molecule has 104 valence electrons. The van der Waals surface area contributed by atoms with Gasteiger partial charge in [0.1, 0.15) is 11.6 Å². The summed E-state index contributed by atoms with van der Waals surface area (Å²) in [7, 11) is 0. The van der Waals surface area contributed by atoms with Gasteiger partial charge in [0, 0.05) is 6.07 Å². The Labute approximate surface area is 120 Å². The molecule has 0 radical (unpaired) electrons. The van der Waals surface area contributed by atoms with Crippen LogP contribution in [-0.2, 0) is 0 Å². The van der Waals surface area contributed by atoms with Crippen molar-refractivity contribution in [2.24, 2.45) is 0 Å². The second-order valence-corrected chi connectivity index (χ2v) is 4.46. The van der Waals surface area contributed by atoms with Crippen LogP contribution in [0.25, 0.3) is 0 Å². The van der Waals surface area contributed by atoms with E-state index in [9.17, 15) is 13.6 Å². The van der Waals surface area contributed by atoms with Crippen LogP contribution >= 0.6 is 15.9 Å². The van der Waals surface area contributed by atoms with Crippen molar-refractivity contribution in [2.45, 2.75) is 0 Å². The van der Waals surface area contributed by atoms with Gasteiger partial charge >= 0.3 is 6.09 Å². The Kier molecular flexibility index (Phi) is 4.14. The quantitative estimate of drug-likeness (QED) is 0.882. The van der Waals surface area contributed by atoms with Gasteiger partial charge in [0.2, 0.25) is 0 Å². The van der Waals surface area contributed by atoms with Crippen LogP contribution in [0.2, 0.25) is 0 Å². The molecule has 0 aliphatic heterocycles. The molecule has 8 heteroatoms. The van der Waals surface area contributed by atoms with Gasteiger partial charge in [-0.1, -0.05) is 0 Å². The summed E-state index contributed by atoms with van der Waals surface area (Å²) in [5.74, 6) is -1.51. The molecule has 2 rings (SSSR count). The number of benzene rings is 1. The number of ether oxygens (including phenoxy) is 1. The normalized spacial score (nSPS) is 10.2. The van der Waals surface area contributed by atoms with Gasteiger partial charge in [-0.05, 0) is 34.1 Å². The van der Waals surface area contributed by atoms with Crippen molar-refractivity contribution in [2.75, 3.05) is 5.32 Å². The zero-order valence-electron chi connectivity index (χ0n) is 9.73. The molecule has 0 saturated heterocycles. The second kappa shape index (κ2) is 5.83. The lowest BCUT2D eigenvalue weighted by atomic mass is 10.3. The first-order valence-electron chi connectivity index (χ1n) is 5.24. The maximum absolute atomic E-state index is 13.4. The standard InChI is InChI=1S/C12H7BrF2N2O3/c13-7-4-11(17-12(18)19)16-5-10(7)20-9-2-1-6(14)3-8(9)15/h1-5H,(H,16,17)(H,18,19). The average molecular weight is 345 g/mol. The number of nitrogens with zero attached hydrogens (tertiary/aromatic N) is 1. The number of anilines is 1. The van der Waals surface area contributed by atoms with Crippen LogP contribution in [0.3, 0.4) is 0 Å². The van der Waals surface area contributed by atoms with Gasteiger partial charge in [0.05, 0.1) is 10.7 Å². The van der Waals surface area contributed by atoms with Crippen LogP contribution in [0.15, 0.2) is 34.9 Å². The van der Waals surface area contributed by atoms with E-state index in [1.807, 2.05) is 0 Å². The Morgan fingerprint density at radius 1 is 1.30 bits per heavy atom. The molecule has 20 heavy (non-hydrogen) atoms. The first-order valence-corrected chi connectivity index (χ1v) is 6.03. The van der Waals surface area contributed by atoms with E-state index in [1.165, 1.54) is 12.3 Å². The van der Waals surface area contributed by atoms with E-state index >= 15 is 0 Å². The maximum Gasteiger partial charge on any atom is 0.410 e. The van der Waals surface area contributed by atoms with Gasteiger partial charge in [0.25, 0.3) is 0 Å². The van der Waals surface area contributed by atoms with Gasteiger partial charge < -0.3 is 9.84 Å². The molecule has 2 N–H and O–H groups in total. The minimum atomic E-state index is -1.26. The molecule has 0 saturated carbocycles. The molecule has 5 nitrogen and oxygen atoms in total. The van der Waals surface area contributed by atoms with Crippen LogP contribution < -0.4 is 10.1 Å². The molecule has 0 aliphatic rings. The summed E-state index contributed by atoms with van der Waals surface area (Å²) >= 11 is 3.14. The Morgan fingerprint density at radius 3 is 2.65 bits per heavy atom. The Bertz CT molecular complexity index is 667. The summed E-state index contributed by atoms with van der Waals surface area (Å²) in [4.78, 5) is 14.2. The summed E-state index contributed by atoms with van der Waals surface area (Å²) < 4.78 is 31.8. The number of halogens is 3. The van der Waals surface area contributed by atoms with Gasteiger partial charge in [0.15, 0.2) is 17.3 Å². The predicted molar refractivity (Wildman–Crippen MR) is 70.0 cm³/mol. The van der Waals surface area contributed by atoms with Crippen LogP contribution in [-0.4, -0.2) is 16.2 Å². The third kappa shape index (κ3) is 3.41. The molecule has 1 aromatic heterocycles. The van der Waals surface area contributed by atoms with E-state index in [-0.39, 0.29) is 17.3 Å². The molecular formula is C12H7BrF2N2O3. The fraction of sp³-hybridized carbons (Fsp3) is 0. The van der Waals surface area contributed by atoms with E-state index in [1.54, 1.807) is 0 Å². The van der Waals surface area contributed by atoms with Crippen LogP contribution in [0.5, 0.6) is 11.5 Å². The average Bonchev–Trinajstić information content (AvgIpc) is 2.34. The van der Waals surface area contributed by atoms with E-state index in [0.717, 1.165) is 12.1 Å². The number of nitrogens with one attached hydrogen (secondary N) is 1. The van der Waals surface area contributed by atoms with Gasteiger partial charge in [-0.3, -0.25) is 5.32 Å². The molecule has 0 fully saturated rings. The van der Waals surface area contributed by atoms with Gasteiger partial charge in [-0.15, -0.1) is 0 Å². The number of amides is 1. The zero-order chi connectivity index (χ0) is 14.7. The number of hydrogen-bond donors (Lipinski definition) is 2. The fourth-order valence-electron chi connectivity index (χ4n) is 1.35. The zero-order valence-corrected chi connectivity index (χ0v) is 11.3. The molecule has 0 unspecified atom stereocenters. The smallest absolute Gasteiger partial charge is 0.410 e. The van der Waals surface area contributed by atoms with E-state index < -0.39 is 17.7 Å². The Balaban J connectivity index is 2.23. The summed E-state index contributed by atoms with van der Waals surface area (Å²) in [6.07, 6.45) is -0.0549. The number of rotatable bonds is 3. The van der Waals surface area contributed by atoms with Crippen molar-refractivity contribution in [1.82, 2.24) is 4.98 Å². The second-order valence-electron chi connectivity index (χ2n) is 3.61. The van der Waals surface area contributed by atoms with Crippen molar-refractivity contribution in [3.8, 4) is 11.5 Å². The molecular weight excluding hydrogens is 338 g/mol. The number of carbonyl (C=O) groups is 1. The number of carboxylic acid groups (broad SMARTS) is 1. The minimum Gasteiger partial charge on any atom is -0.465 e. The van der Waals surface area contributed by atoms with Crippen molar-refractivity contribution in [1.29, 1.82) is 0 Å². The predicted octanol–water partition coefficient (Wildman–Crippen LogP) is 4.00. The maximum atomic E-state index is 13.4. The monoisotopic (exact) mass is 344 g/mol. The van der Waals surface area contributed by atoms with E-state index in [0.29, 0.717) is 10.5 Å². The molecule has 2 aromatic rings. The number of aromatic nitrogens is 1. The van der Waals surface area contributed by atoms with Gasteiger partial charge in [-0.25, -0.2) is 18.6 Å². The van der Waals surface area contributed by atoms with Crippen molar-refractivity contribution >= 4 is 27.8 Å². The summed E-state index contributed by atoms with van der Waals surface area (Å²) in [6.45, 7) is 0. The van der Waals surface area contributed by atoms with Crippen molar-refractivity contribution in [3.63, 3.8) is 0 Å². The number of hydrogen-bond acceptors (Lipinski definition) is 3. The SMILES string of the molecule is O=C(O)Nc1cc(Br)c(Oc2ccc(F)cc2F)cn1. The molecule has 0 bridgehead atoms. The number of pyridine rings is 1. The molecule has 1 amide bonds. The summed E-state index contributed by atoms with van der Waals surface area (Å²) in [5.41, 5.74) is 0. The highest BCUT2D eigenvalue weighted by Crippen LogP contribution is 2.31. The van der Waals surface area contributed by atoms with Crippen molar-refractivity contribution in [3.05, 3.63) is 46.6 Å². The molecule has 0 atom stereocenters. The largest absolute Gasteiger partial charge is 0.465 e. The molecule has 0 aliphatic carbocycles. The lowest BCUT2D eigenvalue weighted by molar-refractivity contribution is 0.209. The molecule has 0 spiro atoms.